The van der Waals surface area contributed by atoms with Crippen molar-refractivity contribution >= 4 is 33.3 Å². The summed E-state index contributed by atoms with van der Waals surface area (Å²) in [6.07, 6.45) is 9.64. The van der Waals surface area contributed by atoms with E-state index in [9.17, 15) is 8.42 Å². The Morgan fingerprint density at radius 3 is 2.72 bits per heavy atom. The highest BCUT2D eigenvalue weighted by Gasteiger charge is 2.25. The zero-order chi connectivity index (χ0) is 27.4. The van der Waals surface area contributed by atoms with Gasteiger partial charge >= 0.3 is 0 Å². The minimum atomic E-state index is -3.19. The Balaban J connectivity index is 1.28. The van der Waals surface area contributed by atoms with Crippen molar-refractivity contribution in [2.75, 3.05) is 37.9 Å². The zero-order valence-electron chi connectivity index (χ0n) is 21.7. The molecule has 2 N–H and O–H groups in total. The summed E-state index contributed by atoms with van der Waals surface area (Å²) in [5, 5.41) is 11.9. The van der Waals surface area contributed by atoms with Crippen LogP contribution in [0.2, 0.25) is 5.02 Å². The van der Waals surface area contributed by atoms with Gasteiger partial charge in [0.15, 0.2) is 0 Å². The highest BCUT2D eigenvalue weighted by molar-refractivity contribution is 7.88. The number of ether oxygens (including phenoxy) is 1. The lowest BCUT2D eigenvalue weighted by molar-refractivity contribution is 0.0699. The number of hydrogen-bond donors (Lipinski definition) is 2. The molecule has 0 radical (unpaired) electrons. The second-order valence-electron chi connectivity index (χ2n) is 9.87. The summed E-state index contributed by atoms with van der Waals surface area (Å²) >= 11 is 6.63. The molecular formula is C26H31ClN8O3S. The van der Waals surface area contributed by atoms with Gasteiger partial charge < -0.3 is 15.4 Å². The first-order valence-corrected chi connectivity index (χ1v) is 15.1. The lowest BCUT2D eigenvalue weighted by Gasteiger charge is -2.30. The van der Waals surface area contributed by atoms with E-state index in [-0.39, 0.29) is 6.04 Å². The van der Waals surface area contributed by atoms with Crippen molar-refractivity contribution in [2.24, 2.45) is 0 Å². The molecule has 2 aromatic heterocycles. The number of aromatic nitrogens is 4. The van der Waals surface area contributed by atoms with Crippen LogP contribution < -0.4 is 10.6 Å². The Labute approximate surface area is 233 Å². The smallest absolute Gasteiger partial charge is 0.231 e. The first-order valence-electron chi connectivity index (χ1n) is 12.9. The lowest BCUT2D eigenvalue weighted by atomic mass is 10.1. The fourth-order valence-electron chi connectivity index (χ4n) is 4.84. The van der Waals surface area contributed by atoms with Crippen molar-refractivity contribution in [1.82, 2.24) is 29.4 Å². The Kier molecular flexibility index (Phi) is 8.44. The van der Waals surface area contributed by atoms with Crippen LogP contribution in [0.25, 0.3) is 21.8 Å². The van der Waals surface area contributed by atoms with Crippen molar-refractivity contribution in [1.29, 1.82) is 0 Å². The van der Waals surface area contributed by atoms with Crippen LogP contribution >= 0.6 is 11.6 Å². The van der Waals surface area contributed by atoms with Crippen LogP contribution in [0.3, 0.4) is 0 Å². The van der Waals surface area contributed by atoms with Crippen molar-refractivity contribution in [2.45, 2.75) is 44.3 Å². The molecule has 0 unspecified atom stereocenters. The van der Waals surface area contributed by atoms with Crippen LogP contribution in [0.15, 0.2) is 36.8 Å². The van der Waals surface area contributed by atoms with Crippen molar-refractivity contribution < 1.29 is 13.2 Å². The van der Waals surface area contributed by atoms with Crippen LogP contribution in [-0.2, 0) is 21.3 Å². The number of hydrogen-bond acceptors (Lipinski definition) is 8. The number of sulfonamides is 1. The predicted octanol–water partition coefficient (Wildman–Crippen LogP) is 3.64. The van der Waals surface area contributed by atoms with Crippen molar-refractivity contribution in [3.63, 3.8) is 0 Å². The van der Waals surface area contributed by atoms with Gasteiger partial charge in [-0.05, 0) is 43.4 Å². The molecule has 0 bridgehead atoms. The fraction of sp³-hybridized carbons (Fsp3) is 0.462. The van der Waals surface area contributed by atoms with Gasteiger partial charge in [-0.25, -0.2) is 32.2 Å². The van der Waals surface area contributed by atoms with E-state index in [2.05, 4.69) is 30.5 Å². The molecule has 0 spiro atoms. The molecule has 0 saturated carbocycles. The van der Waals surface area contributed by atoms with Gasteiger partial charge in [0.25, 0.3) is 0 Å². The number of anilines is 1. The zero-order valence-corrected chi connectivity index (χ0v) is 23.2. The van der Waals surface area contributed by atoms with Crippen molar-refractivity contribution in [3.8, 4) is 16.9 Å². The van der Waals surface area contributed by atoms with Crippen LogP contribution in [0.4, 0.5) is 11.6 Å². The third kappa shape index (κ3) is 6.74. The van der Waals surface area contributed by atoms with Crippen LogP contribution in [0.5, 0.6) is 0 Å². The molecule has 11 nitrogen and oxygen atoms in total. The molecule has 3 aromatic rings. The molecule has 13 heteroatoms. The topological polar surface area (TPSA) is 119 Å². The fourth-order valence-corrected chi connectivity index (χ4v) is 6.00. The van der Waals surface area contributed by atoms with E-state index in [0.717, 1.165) is 37.3 Å². The molecule has 1 atom stereocenters. The summed E-state index contributed by atoms with van der Waals surface area (Å²) in [5.74, 6) is 0.390. The highest BCUT2D eigenvalue weighted by Crippen LogP contribution is 2.31. The molecule has 2 saturated heterocycles. The lowest BCUT2D eigenvalue weighted by Crippen LogP contribution is -2.42. The number of rotatable bonds is 8. The van der Waals surface area contributed by atoms with E-state index >= 15 is 0 Å². The van der Waals surface area contributed by atoms with Gasteiger partial charge in [0.05, 0.1) is 42.0 Å². The molecule has 0 amide bonds. The summed E-state index contributed by atoms with van der Waals surface area (Å²) in [5.41, 5.74) is 3.24. The maximum absolute atomic E-state index is 11.8. The SMILES string of the molecule is [C-]#[N+]c1cnc(NC2CCN(S(C)(=O)=O)CC2)nc1-c1cnn(-c2ccc(CN[C@H]3CCCOC3)cc2Cl)c1. The first-order chi connectivity index (χ1) is 18.8. The van der Waals surface area contributed by atoms with Crippen molar-refractivity contribution in [3.05, 3.63) is 58.8 Å². The van der Waals surface area contributed by atoms with Gasteiger partial charge in [-0.2, -0.15) is 5.10 Å². The van der Waals surface area contributed by atoms with E-state index in [1.54, 1.807) is 17.1 Å². The molecule has 5 rings (SSSR count). The normalized spacial score (nSPS) is 19.1. The Bertz CT molecular complexity index is 1460. The average molecular weight is 571 g/mol. The molecule has 4 heterocycles. The van der Waals surface area contributed by atoms with Gasteiger partial charge in [-0.15, -0.1) is 0 Å². The van der Waals surface area contributed by atoms with Gasteiger partial charge in [0, 0.05) is 56.3 Å². The van der Waals surface area contributed by atoms with Crippen LogP contribution in [-0.4, -0.2) is 77.1 Å². The molecular weight excluding hydrogens is 540 g/mol. The number of nitrogens with one attached hydrogen (secondary N) is 2. The average Bonchev–Trinajstić information content (AvgIpc) is 3.42. The summed E-state index contributed by atoms with van der Waals surface area (Å²) in [6, 6.07) is 6.27. The van der Waals surface area contributed by atoms with E-state index in [0.29, 0.717) is 66.4 Å². The molecule has 2 aliphatic rings. The monoisotopic (exact) mass is 570 g/mol. The third-order valence-corrected chi connectivity index (χ3v) is 8.62. The third-order valence-electron chi connectivity index (χ3n) is 7.02. The number of nitrogens with zero attached hydrogens (tertiary/aromatic N) is 6. The van der Waals surface area contributed by atoms with Gasteiger partial charge in [-0.1, -0.05) is 17.7 Å². The Morgan fingerprint density at radius 2 is 2.03 bits per heavy atom. The minimum absolute atomic E-state index is 0.0369. The van der Waals surface area contributed by atoms with Crippen LogP contribution in [0.1, 0.15) is 31.2 Å². The number of piperidine rings is 1. The second-order valence-corrected chi connectivity index (χ2v) is 12.3. The van der Waals surface area contributed by atoms with Gasteiger partial charge in [-0.3, -0.25) is 0 Å². The molecule has 2 aliphatic heterocycles. The maximum atomic E-state index is 11.8. The standard InChI is InChI=1S/C26H31ClN8O3S/c1-28-23-15-30-26(32-20-7-9-34(10-8-20)39(2,36)37)33-25(23)19-14-31-35(16-19)24-6-5-18(12-22(24)27)13-29-21-4-3-11-38-17-21/h5-6,12,14-16,20-21,29H,3-4,7-11,13,17H2,2H3,(H,30,32,33)/t21-/m0/s1. The first kappa shape index (κ1) is 27.5. The van der Waals surface area contributed by atoms with E-state index in [1.165, 1.54) is 16.8 Å². The molecule has 39 heavy (non-hydrogen) atoms. The summed E-state index contributed by atoms with van der Waals surface area (Å²) in [7, 11) is -3.19. The van der Waals surface area contributed by atoms with E-state index in [4.69, 9.17) is 22.9 Å². The summed E-state index contributed by atoms with van der Waals surface area (Å²) < 4.78 is 32.3. The Morgan fingerprint density at radius 1 is 1.21 bits per heavy atom. The largest absolute Gasteiger partial charge is 0.380 e. The van der Waals surface area contributed by atoms with Gasteiger partial charge in [0.1, 0.15) is 0 Å². The second kappa shape index (κ2) is 12.0. The minimum Gasteiger partial charge on any atom is -0.380 e. The molecule has 206 valence electrons. The summed E-state index contributed by atoms with van der Waals surface area (Å²) in [4.78, 5) is 12.5. The van der Waals surface area contributed by atoms with Gasteiger partial charge in [0.2, 0.25) is 21.7 Å². The molecule has 2 fully saturated rings. The maximum Gasteiger partial charge on any atom is 0.231 e. The quantitative estimate of drug-likeness (QED) is 0.394. The molecule has 0 aliphatic carbocycles. The van der Waals surface area contributed by atoms with Crippen LogP contribution in [0, 0.1) is 6.57 Å². The Hall–Kier alpha value is -3.08. The summed E-state index contributed by atoms with van der Waals surface area (Å²) in [6.45, 7) is 10.7. The highest BCUT2D eigenvalue weighted by atomic mass is 35.5. The van der Waals surface area contributed by atoms with E-state index in [1.807, 2.05) is 18.2 Å². The number of benzene rings is 1. The van der Waals surface area contributed by atoms with E-state index < -0.39 is 10.0 Å². The predicted molar refractivity (Wildman–Crippen MR) is 150 cm³/mol. The molecule has 1 aromatic carbocycles. The number of halogens is 1.